The lowest BCUT2D eigenvalue weighted by Gasteiger charge is -2.33. The lowest BCUT2D eigenvalue weighted by Crippen LogP contribution is -2.40. The van der Waals surface area contributed by atoms with Crippen LogP contribution in [0.4, 0.5) is 13.2 Å². The number of nitrogens with zero attached hydrogens (tertiary/aromatic N) is 1. The second kappa shape index (κ2) is 7.57. The zero-order valence-electron chi connectivity index (χ0n) is 16.5. The van der Waals surface area contributed by atoms with E-state index < -0.39 is 6.36 Å². The fourth-order valence-electron chi connectivity index (χ4n) is 5.07. The Morgan fingerprint density at radius 3 is 2.43 bits per heavy atom. The lowest BCUT2D eigenvalue weighted by atomic mass is 9.83. The number of hydrogen-bond acceptors (Lipinski definition) is 5. The molecule has 2 bridgehead atoms. The van der Waals surface area contributed by atoms with Gasteiger partial charge in [-0.2, -0.15) is 0 Å². The third kappa shape index (κ3) is 3.95. The quantitative estimate of drug-likeness (QED) is 0.697. The molecule has 2 unspecified atom stereocenters. The molecule has 5 rings (SSSR count). The van der Waals surface area contributed by atoms with E-state index in [0.717, 1.165) is 49.8 Å². The van der Waals surface area contributed by atoms with Gasteiger partial charge in [0.1, 0.15) is 17.2 Å². The third-order valence-electron chi connectivity index (χ3n) is 6.73. The van der Waals surface area contributed by atoms with Crippen LogP contribution >= 0.6 is 0 Å². The number of fused-ring (bicyclic) bond motifs is 2. The molecule has 0 amide bonds. The van der Waals surface area contributed by atoms with Crippen molar-refractivity contribution in [1.29, 1.82) is 0 Å². The van der Waals surface area contributed by atoms with E-state index in [1.807, 2.05) is 0 Å². The maximum atomic E-state index is 12.9. The summed E-state index contributed by atoms with van der Waals surface area (Å²) in [6.45, 7) is 0.268. The number of benzene rings is 1. The smallest absolute Gasteiger partial charge is 0.405 e. The molecular weight excluding hydrogens is 397 g/mol. The van der Waals surface area contributed by atoms with Crippen LogP contribution < -0.4 is 10.5 Å². The van der Waals surface area contributed by atoms with Crippen LogP contribution in [0.25, 0.3) is 11.3 Å². The van der Waals surface area contributed by atoms with Gasteiger partial charge < -0.3 is 19.7 Å². The lowest BCUT2D eigenvalue weighted by molar-refractivity contribution is -0.274. The first kappa shape index (κ1) is 19.9. The molecule has 1 aromatic heterocycles. The minimum atomic E-state index is -4.78. The average Bonchev–Trinajstić information content (AvgIpc) is 3.42. The van der Waals surface area contributed by atoms with Crippen LogP contribution in [-0.4, -0.2) is 23.7 Å². The molecule has 2 N–H and O–H groups in total. The van der Waals surface area contributed by atoms with E-state index in [0.29, 0.717) is 17.5 Å². The van der Waals surface area contributed by atoms with Crippen molar-refractivity contribution in [2.45, 2.75) is 69.6 Å². The second-order valence-electron chi connectivity index (χ2n) is 8.77. The van der Waals surface area contributed by atoms with Crippen molar-refractivity contribution < 1.29 is 27.2 Å². The SMILES string of the molecule is NC1[C@@H]2CC[C@H]1CC(OCc1c(-c3ccccc3OC(F)(F)F)noc1C1CC1)C2. The number of alkyl halides is 3. The van der Waals surface area contributed by atoms with E-state index in [1.54, 1.807) is 12.1 Å². The summed E-state index contributed by atoms with van der Waals surface area (Å²) in [6, 6.07) is 6.29. The second-order valence-corrected chi connectivity index (χ2v) is 8.77. The molecule has 3 aliphatic rings. The largest absolute Gasteiger partial charge is 0.573 e. The Morgan fingerprint density at radius 1 is 1.07 bits per heavy atom. The molecule has 0 radical (unpaired) electrons. The summed E-state index contributed by atoms with van der Waals surface area (Å²) in [5.74, 6) is 1.70. The van der Waals surface area contributed by atoms with Gasteiger partial charge in [-0.1, -0.05) is 17.3 Å². The Kier molecular flexibility index (Phi) is 5.01. The molecule has 4 atom stereocenters. The molecule has 30 heavy (non-hydrogen) atoms. The van der Waals surface area contributed by atoms with E-state index >= 15 is 0 Å². The number of halogens is 3. The van der Waals surface area contributed by atoms with Gasteiger partial charge in [0.15, 0.2) is 0 Å². The minimum absolute atomic E-state index is 0.110. The number of hydrogen-bond donors (Lipinski definition) is 1. The van der Waals surface area contributed by atoms with Gasteiger partial charge in [-0.05, 0) is 62.5 Å². The number of aromatic nitrogens is 1. The Bertz CT molecular complexity index is 895. The molecule has 162 valence electrons. The highest BCUT2D eigenvalue weighted by Gasteiger charge is 2.41. The highest BCUT2D eigenvalue weighted by molar-refractivity contribution is 5.70. The molecule has 3 saturated carbocycles. The van der Waals surface area contributed by atoms with Gasteiger partial charge >= 0.3 is 6.36 Å². The van der Waals surface area contributed by atoms with E-state index in [4.69, 9.17) is 15.0 Å². The summed E-state index contributed by atoms with van der Waals surface area (Å²) in [6.07, 6.45) is 1.49. The van der Waals surface area contributed by atoms with Crippen molar-refractivity contribution in [3.8, 4) is 17.0 Å². The molecule has 1 aromatic carbocycles. The van der Waals surface area contributed by atoms with Gasteiger partial charge in [0, 0.05) is 23.1 Å². The Labute approximate surface area is 172 Å². The van der Waals surface area contributed by atoms with Crippen molar-refractivity contribution in [1.82, 2.24) is 5.16 Å². The average molecular weight is 422 g/mol. The predicted octanol–water partition coefficient (Wildman–Crippen LogP) is 5.15. The number of ether oxygens (including phenoxy) is 2. The van der Waals surface area contributed by atoms with E-state index in [9.17, 15) is 13.2 Å². The maximum Gasteiger partial charge on any atom is 0.573 e. The summed E-state index contributed by atoms with van der Waals surface area (Å²) >= 11 is 0. The summed E-state index contributed by atoms with van der Waals surface area (Å²) < 4.78 is 54.7. The summed E-state index contributed by atoms with van der Waals surface area (Å²) in [4.78, 5) is 0. The van der Waals surface area contributed by atoms with Crippen LogP contribution in [-0.2, 0) is 11.3 Å². The van der Waals surface area contributed by atoms with E-state index in [-0.39, 0.29) is 36.0 Å². The molecule has 8 heteroatoms. The number of nitrogens with two attached hydrogens (primary N) is 1. The van der Waals surface area contributed by atoms with Gasteiger partial charge in [-0.3, -0.25) is 0 Å². The molecule has 5 nitrogen and oxygen atoms in total. The number of para-hydroxylation sites is 1. The monoisotopic (exact) mass is 422 g/mol. The standard InChI is InChI=1S/C22H25F3N2O3/c23-22(24,25)29-18-4-2-1-3-16(18)20-17(21(30-27-20)12-5-6-12)11-28-15-9-13-7-8-14(10-15)19(13)26/h1-4,12-15,19H,5-11,26H2/t13-,14+,15?,19?. The fourth-order valence-corrected chi connectivity index (χ4v) is 5.07. The van der Waals surface area contributed by atoms with Gasteiger partial charge in [-0.25, -0.2) is 0 Å². The Morgan fingerprint density at radius 2 is 1.77 bits per heavy atom. The fraction of sp³-hybridized carbons (Fsp3) is 0.591. The van der Waals surface area contributed by atoms with Crippen LogP contribution in [0.5, 0.6) is 5.75 Å². The summed E-state index contributed by atoms with van der Waals surface area (Å²) in [5.41, 5.74) is 7.65. The van der Waals surface area contributed by atoms with Crippen LogP contribution in [0, 0.1) is 11.8 Å². The molecule has 0 aliphatic heterocycles. The molecule has 3 fully saturated rings. The van der Waals surface area contributed by atoms with Gasteiger partial charge in [0.25, 0.3) is 0 Å². The molecule has 0 saturated heterocycles. The van der Waals surface area contributed by atoms with Crippen molar-refractivity contribution in [2.24, 2.45) is 17.6 Å². The van der Waals surface area contributed by atoms with Crippen LogP contribution in [0.2, 0.25) is 0 Å². The first-order chi connectivity index (χ1) is 14.4. The molecule has 1 heterocycles. The highest BCUT2D eigenvalue weighted by Crippen LogP contribution is 2.47. The third-order valence-corrected chi connectivity index (χ3v) is 6.73. The normalized spacial score (nSPS) is 28.7. The molecule has 0 spiro atoms. The summed E-state index contributed by atoms with van der Waals surface area (Å²) in [5, 5.41) is 4.13. The van der Waals surface area contributed by atoms with Gasteiger partial charge in [0.2, 0.25) is 0 Å². The first-order valence-corrected chi connectivity index (χ1v) is 10.6. The van der Waals surface area contributed by atoms with E-state index in [1.165, 1.54) is 12.1 Å². The number of rotatable bonds is 6. The maximum absolute atomic E-state index is 12.9. The highest BCUT2D eigenvalue weighted by atomic mass is 19.4. The summed E-state index contributed by atoms with van der Waals surface area (Å²) in [7, 11) is 0. The topological polar surface area (TPSA) is 70.5 Å². The van der Waals surface area contributed by atoms with Crippen molar-refractivity contribution in [3.63, 3.8) is 0 Å². The van der Waals surface area contributed by atoms with E-state index in [2.05, 4.69) is 9.89 Å². The van der Waals surface area contributed by atoms with Crippen LogP contribution in [0.3, 0.4) is 0 Å². The molecule has 2 aromatic rings. The Hall–Kier alpha value is -2.06. The van der Waals surface area contributed by atoms with Crippen molar-refractivity contribution >= 4 is 0 Å². The van der Waals surface area contributed by atoms with Gasteiger partial charge in [0.05, 0.1) is 12.7 Å². The molecular formula is C22H25F3N2O3. The van der Waals surface area contributed by atoms with Crippen LogP contribution in [0.1, 0.15) is 55.8 Å². The van der Waals surface area contributed by atoms with Crippen molar-refractivity contribution in [3.05, 3.63) is 35.6 Å². The molecule has 3 aliphatic carbocycles. The van der Waals surface area contributed by atoms with Gasteiger partial charge in [-0.15, -0.1) is 13.2 Å². The van der Waals surface area contributed by atoms with Crippen molar-refractivity contribution in [2.75, 3.05) is 0 Å². The zero-order chi connectivity index (χ0) is 20.9. The Balaban J connectivity index is 1.40. The van der Waals surface area contributed by atoms with Crippen LogP contribution in [0.15, 0.2) is 28.8 Å². The minimum Gasteiger partial charge on any atom is -0.405 e. The predicted molar refractivity (Wildman–Crippen MR) is 103 cm³/mol. The first-order valence-electron chi connectivity index (χ1n) is 10.6. The zero-order valence-corrected chi connectivity index (χ0v) is 16.5.